The first-order valence-corrected chi connectivity index (χ1v) is 8.40. The Kier molecular flexibility index (Phi) is 6.08. The first kappa shape index (κ1) is 16.8. The zero-order valence-corrected chi connectivity index (χ0v) is 14.8. The van der Waals surface area contributed by atoms with E-state index in [0.717, 1.165) is 42.3 Å². The second kappa shape index (κ2) is 7.61. The van der Waals surface area contributed by atoms with Crippen LogP contribution in [0.3, 0.4) is 0 Å². The van der Waals surface area contributed by atoms with Crippen molar-refractivity contribution in [1.82, 2.24) is 5.32 Å². The van der Waals surface area contributed by atoms with Crippen LogP contribution in [0.4, 0.5) is 0 Å². The highest BCUT2D eigenvalue weighted by Crippen LogP contribution is 2.48. The molecule has 0 aromatic heterocycles. The van der Waals surface area contributed by atoms with E-state index < -0.39 is 0 Å². The predicted octanol–water partition coefficient (Wildman–Crippen LogP) is 3.65. The van der Waals surface area contributed by atoms with Crippen LogP contribution >= 0.6 is 15.9 Å². The second-order valence-electron chi connectivity index (χ2n) is 6.23. The molecule has 3 nitrogen and oxygen atoms in total. The maximum absolute atomic E-state index is 5.53. The van der Waals surface area contributed by atoms with E-state index >= 15 is 0 Å². The molecule has 1 aromatic carbocycles. The summed E-state index contributed by atoms with van der Waals surface area (Å²) < 4.78 is 11.8. The molecule has 0 spiro atoms. The summed E-state index contributed by atoms with van der Waals surface area (Å²) in [6.45, 7) is 5.09. The van der Waals surface area contributed by atoms with Crippen molar-refractivity contribution in [3.05, 3.63) is 28.2 Å². The van der Waals surface area contributed by atoms with Gasteiger partial charge in [0, 0.05) is 24.7 Å². The fourth-order valence-corrected chi connectivity index (χ4v) is 3.41. The smallest absolute Gasteiger partial charge is 0.122 e. The van der Waals surface area contributed by atoms with Gasteiger partial charge in [0.05, 0.1) is 13.7 Å². The summed E-state index contributed by atoms with van der Waals surface area (Å²) in [6, 6.07) is 6.27. The van der Waals surface area contributed by atoms with Gasteiger partial charge in [0.25, 0.3) is 0 Å². The lowest BCUT2D eigenvalue weighted by atomic mass is 9.78. The van der Waals surface area contributed by atoms with Crippen molar-refractivity contribution < 1.29 is 9.47 Å². The topological polar surface area (TPSA) is 30.5 Å². The quantitative estimate of drug-likeness (QED) is 0.685. The zero-order valence-electron chi connectivity index (χ0n) is 13.2. The number of ether oxygens (including phenoxy) is 2. The Morgan fingerprint density at radius 3 is 2.71 bits per heavy atom. The molecule has 118 valence electrons. The molecule has 0 radical (unpaired) electrons. The Morgan fingerprint density at radius 2 is 2.10 bits per heavy atom. The molecule has 21 heavy (non-hydrogen) atoms. The number of hydrogen-bond acceptors (Lipinski definition) is 3. The summed E-state index contributed by atoms with van der Waals surface area (Å²) >= 11 is 3.57. The van der Waals surface area contributed by atoms with Gasteiger partial charge < -0.3 is 14.8 Å². The third kappa shape index (κ3) is 4.70. The first-order valence-electron chi connectivity index (χ1n) is 7.61. The summed E-state index contributed by atoms with van der Waals surface area (Å²) in [4.78, 5) is 0. The van der Waals surface area contributed by atoms with Gasteiger partial charge in [0.15, 0.2) is 0 Å². The Balaban J connectivity index is 2.06. The van der Waals surface area contributed by atoms with Crippen molar-refractivity contribution in [1.29, 1.82) is 0 Å². The monoisotopic (exact) mass is 355 g/mol. The molecule has 0 heterocycles. The molecule has 1 atom stereocenters. The molecule has 2 rings (SSSR count). The summed E-state index contributed by atoms with van der Waals surface area (Å²) in [5.74, 6) is 1.80. The van der Waals surface area contributed by atoms with Crippen LogP contribution in [0, 0.1) is 11.3 Å². The lowest BCUT2D eigenvalue weighted by Gasteiger charge is -2.31. The number of methoxy groups -OCH3 is 2. The van der Waals surface area contributed by atoms with Crippen molar-refractivity contribution in [2.45, 2.75) is 26.2 Å². The maximum Gasteiger partial charge on any atom is 0.122 e. The molecule has 1 aromatic rings. The average Bonchev–Trinajstić information content (AvgIpc) is 3.29. The van der Waals surface area contributed by atoms with Crippen LogP contribution in [0.5, 0.6) is 5.75 Å². The molecule has 4 heteroatoms. The Labute approximate surface area is 136 Å². The standard InChI is InChI=1S/C17H26BrNO2/c1-17(14-4-5-14,12-19-8-9-20-2)11-13-10-15(18)6-7-16(13)21-3/h6-7,10,14,19H,4-5,8-9,11-12H2,1-3H3. The second-order valence-corrected chi connectivity index (χ2v) is 7.15. The van der Waals surface area contributed by atoms with Crippen LogP contribution in [0.2, 0.25) is 0 Å². The lowest BCUT2D eigenvalue weighted by Crippen LogP contribution is -2.37. The highest BCUT2D eigenvalue weighted by Gasteiger charge is 2.41. The minimum atomic E-state index is 0.280. The van der Waals surface area contributed by atoms with Crippen LogP contribution in [-0.4, -0.2) is 33.9 Å². The van der Waals surface area contributed by atoms with E-state index in [1.54, 1.807) is 14.2 Å². The highest BCUT2D eigenvalue weighted by molar-refractivity contribution is 9.10. The van der Waals surface area contributed by atoms with Crippen molar-refractivity contribution in [3.63, 3.8) is 0 Å². The first-order chi connectivity index (χ1) is 10.1. The van der Waals surface area contributed by atoms with Crippen molar-refractivity contribution in [2.24, 2.45) is 11.3 Å². The van der Waals surface area contributed by atoms with Gasteiger partial charge in [-0.3, -0.25) is 0 Å². The van der Waals surface area contributed by atoms with Gasteiger partial charge >= 0.3 is 0 Å². The van der Waals surface area contributed by atoms with E-state index in [-0.39, 0.29) is 5.41 Å². The van der Waals surface area contributed by atoms with Gasteiger partial charge in [0.1, 0.15) is 5.75 Å². The largest absolute Gasteiger partial charge is 0.496 e. The van der Waals surface area contributed by atoms with Crippen molar-refractivity contribution >= 4 is 15.9 Å². The van der Waals surface area contributed by atoms with Crippen LogP contribution in [-0.2, 0) is 11.2 Å². The maximum atomic E-state index is 5.53. The zero-order chi connectivity index (χ0) is 15.3. The Hall–Kier alpha value is -0.580. The molecular weight excluding hydrogens is 330 g/mol. The van der Waals surface area contributed by atoms with E-state index in [0.29, 0.717) is 0 Å². The molecule has 1 saturated carbocycles. The number of rotatable bonds is 9. The van der Waals surface area contributed by atoms with Gasteiger partial charge in [-0.05, 0) is 54.4 Å². The molecule has 0 amide bonds. The summed E-state index contributed by atoms with van der Waals surface area (Å²) in [5, 5.41) is 3.54. The van der Waals surface area contributed by atoms with E-state index in [1.807, 2.05) is 12.1 Å². The van der Waals surface area contributed by atoms with E-state index in [4.69, 9.17) is 9.47 Å². The molecule has 1 N–H and O–H groups in total. The van der Waals surface area contributed by atoms with Crippen molar-refractivity contribution in [2.75, 3.05) is 33.9 Å². The Bertz CT molecular complexity index is 462. The van der Waals surface area contributed by atoms with Gasteiger partial charge in [0.2, 0.25) is 0 Å². The third-order valence-electron chi connectivity index (χ3n) is 4.41. The summed E-state index contributed by atoms with van der Waals surface area (Å²) in [5.41, 5.74) is 1.57. The van der Waals surface area contributed by atoms with Crippen LogP contribution < -0.4 is 10.1 Å². The molecule has 0 aliphatic heterocycles. The van der Waals surface area contributed by atoms with Gasteiger partial charge in [-0.15, -0.1) is 0 Å². The van der Waals surface area contributed by atoms with E-state index in [2.05, 4.69) is 34.2 Å². The molecule has 1 fully saturated rings. The number of hydrogen-bond donors (Lipinski definition) is 1. The predicted molar refractivity (Wildman–Crippen MR) is 90.0 cm³/mol. The SMILES string of the molecule is COCCNCC(C)(Cc1cc(Br)ccc1OC)C1CC1. The Morgan fingerprint density at radius 1 is 1.33 bits per heavy atom. The van der Waals surface area contributed by atoms with Crippen LogP contribution in [0.25, 0.3) is 0 Å². The van der Waals surface area contributed by atoms with E-state index in [9.17, 15) is 0 Å². The van der Waals surface area contributed by atoms with Crippen molar-refractivity contribution in [3.8, 4) is 5.75 Å². The van der Waals surface area contributed by atoms with Crippen LogP contribution in [0.1, 0.15) is 25.3 Å². The fourth-order valence-electron chi connectivity index (χ4n) is 3.00. The average molecular weight is 356 g/mol. The third-order valence-corrected chi connectivity index (χ3v) is 4.90. The molecule has 1 unspecified atom stereocenters. The number of halogens is 1. The number of benzene rings is 1. The molecule has 1 aliphatic carbocycles. The highest BCUT2D eigenvalue weighted by atomic mass is 79.9. The van der Waals surface area contributed by atoms with Gasteiger partial charge in [-0.25, -0.2) is 0 Å². The van der Waals surface area contributed by atoms with Crippen LogP contribution in [0.15, 0.2) is 22.7 Å². The molecule has 0 saturated heterocycles. The molecule has 0 bridgehead atoms. The van der Waals surface area contributed by atoms with Gasteiger partial charge in [-0.2, -0.15) is 0 Å². The van der Waals surface area contributed by atoms with Gasteiger partial charge in [-0.1, -0.05) is 22.9 Å². The minimum Gasteiger partial charge on any atom is -0.496 e. The van der Waals surface area contributed by atoms with E-state index in [1.165, 1.54) is 18.4 Å². The molecular formula is C17H26BrNO2. The lowest BCUT2D eigenvalue weighted by molar-refractivity contribution is 0.187. The normalized spacial score (nSPS) is 17.5. The summed E-state index contributed by atoms with van der Waals surface area (Å²) in [6.07, 6.45) is 3.73. The minimum absolute atomic E-state index is 0.280. The molecule has 1 aliphatic rings. The fraction of sp³-hybridized carbons (Fsp3) is 0.647. The summed E-state index contributed by atoms with van der Waals surface area (Å²) in [7, 11) is 3.49. The number of nitrogens with one attached hydrogen (secondary N) is 1.